The highest BCUT2D eigenvalue weighted by molar-refractivity contribution is 7.80. The van der Waals surface area contributed by atoms with Gasteiger partial charge in [-0.1, -0.05) is 12.1 Å². The molecule has 29 heavy (non-hydrogen) atoms. The number of aliphatic hydroxyl groups excluding tert-OH is 2. The van der Waals surface area contributed by atoms with Gasteiger partial charge >= 0.3 is 0 Å². The Balaban J connectivity index is 1.76. The number of ether oxygens (including phenoxy) is 6. The van der Waals surface area contributed by atoms with E-state index in [0.29, 0.717) is 72.7 Å². The van der Waals surface area contributed by atoms with Gasteiger partial charge in [-0.25, -0.2) is 0 Å². The van der Waals surface area contributed by atoms with E-state index in [1.54, 1.807) is 0 Å². The third-order valence-corrected chi connectivity index (χ3v) is 3.95. The normalized spacial score (nSPS) is 12.4. The maximum atomic E-state index is 10.0. The zero-order valence-corrected chi connectivity index (χ0v) is 17.8. The molecule has 0 amide bonds. The van der Waals surface area contributed by atoms with Crippen LogP contribution in [0, 0.1) is 0 Å². The molecule has 0 bridgehead atoms. The molecule has 0 saturated heterocycles. The van der Waals surface area contributed by atoms with Crippen LogP contribution in [0.4, 0.5) is 0 Å². The van der Waals surface area contributed by atoms with Crippen LogP contribution in [-0.4, -0.2) is 96.1 Å². The molecule has 0 spiro atoms. The Hall–Kier alpha value is -0.750. The van der Waals surface area contributed by atoms with Crippen molar-refractivity contribution in [2.45, 2.75) is 11.0 Å². The van der Waals surface area contributed by atoms with Gasteiger partial charge in [0.1, 0.15) is 6.10 Å². The summed E-state index contributed by atoms with van der Waals surface area (Å²) in [6.07, 6.45) is -0.655. The van der Waals surface area contributed by atoms with E-state index < -0.39 is 6.10 Å². The molecule has 1 rings (SSSR count). The zero-order valence-electron chi connectivity index (χ0n) is 16.9. The van der Waals surface area contributed by atoms with E-state index >= 15 is 0 Å². The fraction of sp³-hybridized carbons (Fsp3) is 0.700. The molecule has 168 valence electrons. The predicted molar refractivity (Wildman–Crippen MR) is 111 cm³/mol. The summed E-state index contributed by atoms with van der Waals surface area (Å²) < 4.78 is 31.9. The summed E-state index contributed by atoms with van der Waals surface area (Å²) in [5, 5.41) is 18.5. The molecule has 1 unspecified atom stereocenters. The second kappa shape index (κ2) is 19.2. The van der Waals surface area contributed by atoms with E-state index in [1.807, 2.05) is 24.3 Å². The van der Waals surface area contributed by atoms with Gasteiger partial charge in [-0.2, -0.15) is 0 Å². The highest BCUT2D eigenvalue weighted by atomic mass is 32.1. The van der Waals surface area contributed by atoms with Gasteiger partial charge in [0.05, 0.1) is 85.9 Å². The standard InChI is InChI=1S/C20H34O8S/c21-5-6-23-7-8-24-9-10-25-11-12-26-13-14-27-15-16-28-17-20(22)18-1-3-19(29)4-2-18/h1-4,20-22,29H,5-17H2. The molecule has 2 N–H and O–H groups in total. The molecule has 0 radical (unpaired) electrons. The summed E-state index contributed by atoms with van der Waals surface area (Å²) in [4.78, 5) is 0.856. The lowest BCUT2D eigenvalue weighted by atomic mass is 10.1. The maximum Gasteiger partial charge on any atom is 0.102 e. The molecule has 0 aliphatic rings. The van der Waals surface area contributed by atoms with Gasteiger partial charge in [0.25, 0.3) is 0 Å². The van der Waals surface area contributed by atoms with E-state index in [-0.39, 0.29) is 13.2 Å². The van der Waals surface area contributed by atoms with E-state index in [2.05, 4.69) is 12.6 Å². The summed E-state index contributed by atoms with van der Waals surface area (Å²) in [5.41, 5.74) is 0.804. The molecular weight excluding hydrogens is 400 g/mol. The minimum atomic E-state index is -0.655. The van der Waals surface area contributed by atoms with Crippen LogP contribution in [0.3, 0.4) is 0 Å². The Morgan fingerprint density at radius 2 is 1.00 bits per heavy atom. The average Bonchev–Trinajstić information content (AvgIpc) is 2.73. The molecule has 1 aromatic carbocycles. The van der Waals surface area contributed by atoms with Crippen molar-refractivity contribution >= 4 is 12.6 Å². The maximum absolute atomic E-state index is 10.0. The van der Waals surface area contributed by atoms with Crippen LogP contribution >= 0.6 is 12.6 Å². The van der Waals surface area contributed by atoms with E-state index in [9.17, 15) is 5.11 Å². The highest BCUT2D eigenvalue weighted by Gasteiger charge is 2.07. The van der Waals surface area contributed by atoms with Gasteiger partial charge < -0.3 is 38.6 Å². The van der Waals surface area contributed by atoms with Crippen molar-refractivity contribution in [1.29, 1.82) is 0 Å². The summed E-state index contributed by atoms with van der Waals surface area (Å²) in [5.74, 6) is 0. The topological polar surface area (TPSA) is 95.8 Å². The molecule has 0 saturated carbocycles. The quantitative estimate of drug-likeness (QED) is 0.207. The fourth-order valence-electron chi connectivity index (χ4n) is 2.15. The van der Waals surface area contributed by atoms with Gasteiger partial charge in [0.2, 0.25) is 0 Å². The third-order valence-electron chi connectivity index (χ3n) is 3.65. The Kier molecular flexibility index (Phi) is 17.4. The third kappa shape index (κ3) is 15.7. The van der Waals surface area contributed by atoms with E-state index in [0.717, 1.165) is 10.5 Å². The Morgan fingerprint density at radius 3 is 1.41 bits per heavy atom. The second-order valence-corrected chi connectivity index (χ2v) is 6.48. The number of hydrogen-bond acceptors (Lipinski definition) is 9. The molecule has 0 heterocycles. The minimum Gasteiger partial charge on any atom is -0.394 e. The number of benzene rings is 1. The Morgan fingerprint density at radius 1 is 0.621 bits per heavy atom. The lowest BCUT2D eigenvalue weighted by Crippen LogP contribution is -2.15. The van der Waals surface area contributed by atoms with Crippen LogP contribution in [0.15, 0.2) is 29.2 Å². The number of rotatable bonds is 20. The number of hydrogen-bond donors (Lipinski definition) is 3. The fourth-order valence-corrected chi connectivity index (χ4v) is 2.30. The van der Waals surface area contributed by atoms with Crippen LogP contribution in [-0.2, 0) is 28.4 Å². The van der Waals surface area contributed by atoms with Gasteiger partial charge in [0.15, 0.2) is 0 Å². The second-order valence-electron chi connectivity index (χ2n) is 5.97. The number of thiol groups is 1. The van der Waals surface area contributed by atoms with E-state index in [1.165, 1.54) is 0 Å². The summed E-state index contributed by atoms with van der Waals surface area (Å²) in [6, 6.07) is 7.33. The highest BCUT2D eigenvalue weighted by Crippen LogP contribution is 2.15. The Bertz CT molecular complexity index is 474. The lowest BCUT2D eigenvalue weighted by Gasteiger charge is -2.12. The molecule has 0 aromatic heterocycles. The first-order chi connectivity index (χ1) is 14.2. The first kappa shape index (κ1) is 26.3. The van der Waals surface area contributed by atoms with Crippen LogP contribution in [0.1, 0.15) is 11.7 Å². The van der Waals surface area contributed by atoms with Crippen molar-refractivity contribution < 1.29 is 38.6 Å². The van der Waals surface area contributed by atoms with Crippen molar-refractivity contribution in [3.63, 3.8) is 0 Å². The van der Waals surface area contributed by atoms with Crippen molar-refractivity contribution in [2.75, 3.05) is 85.9 Å². The molecule has 0 fully saturated rings. The van der Waals surface area contributed by atoms with Gasteiger partial charge in [0, 0.05) is 4.90 Å². The van der Waals surface area contributed by atoms with E-state index in [4.69, 9.17) is 33.5 Å². The first-order valence-corrected chi connectivity index (χ1v) is 10.2. The molecule has 0 aliphatic carbocycles. The molecule has 1 atom stereocenters. The van der Waals surface area contributed by atoms with Crippen molar-refractivity contribution in [1.82, 2.24) is 0 Å². The largest absolute Gasteiger partial charge is 0.394 e. The average molecular weight is 435 g/mol. The summed E-state index contributed by atoms with van der Waals surface area (Å²) >= 11 is 4.21. The molecule has 8 nitrogen and oxygen atoms in total. The van der Waals surface area contributed by atoms with Gasteiger partial charge in [-0.15, -0.1) is 12.6 Å². The van der Waals surface area contributed by atoms with Crippen molar-refractivity contribution in [3.8, 4) is 0 Å². The van der Waals surface area contributed by atoms with Crippen LogP contribution in [0.5, 0.6) is 0 Å². The SMILES string of the molecule is OCCOCCOCCOCCOCCOCCOCC(O)c1ccc(S)cc1. The molecule has 9 heteroatoms. The monoisotopic (exact) mass is 434 g/mol. The summed E-state index contributed by atoms with van der Waals surface area (Å²) in [6.45, 7) is 5.37. The molecule has 1 aromatic rings. The first-order valence-electron chi connectivity index (χ1n) is 9.78. The van der Waals surface area contributed by atoms with Gasteiger partial charge in [-0.05, 0) is 17.7 Å². The lowest BCUT2D eigenvalue weighted by molar-refractivity contribution is -0.0246. The predicted octanol–water partition coefficient (Wildman–Crippen LogP) is 1.10. The molecule has 0 aliphatic heterocycles. The van der Waals surface area contributed by atoms with Crippen molar-refractivity contribution in [2.24, 2.45) is 0 Å². The number of aliphatic hydroxyl groups is 2. The van der Waals surface area contributed by atoms with Crippen LogP contribution < -0.4 is 0 Å². The summed E-state index contributed by atoms with van der Waals surface area (Å²) in [7, 11) is 0. The van der Waals surface area contributed by atoms with Crippen LogP contribution in [0.25, 0.3) is 0 Å². The van der Waals surface area contributed by atoms with Gasteiger partial charge in [-0.3, -0.25) is 0 Å². The minimum absolute atomic E-state index is 0.0264. The Labute approximate surface area is 178 Å². The smallest absolute Gasteiger partial charge is 0.102 e. The molecular formula is C20H34O8S. The van der Waals surface area contributed by atoms with Crippen LogP contribution in [0.2, 0.25) is 0 Å². The van der Waals surface area contributed by atoms with Crippen molar-refractivity contribution in [3.05, 3.63) is 29.8 Å². The zero-order chi connectivity index (χ0) is 21.0.